The molecule has 0 radical (unpaired) electrons. The van der Waals surface area contributed by atoms with Crippen LogP contribution in [0.25, 0.3) is 11.0 Å². The molecule has 0 aliphatic rings. The number of esters is 1. The molecule has 22 heavy (non-hydrogen) atoms. The number of carbonyl (C=O) groups is 1. The monoisotopic (exact) mass is 298 g/mol. The van der Waals surface area contributed by atoms with Crippen LogP contribution >= 0.6 is 0 Å². The molecule has 3 rings (SSSR count). The highest BCUT2D eigenvalue weighted by molar-refractivity contribution is 5.94. The summed E-state index contributed by atoms with van der Waals surface area (Å²) in [5.74, 6) is -1.38. The average Bonchev–Trinajstić information content (AvgIpc) is 2.49. The first-order valence-electron chi connectivity index (χ1n) is 6.31. The maximum atomic E-state index is 12.0. The highest BCUT2D eigenvalue weighted by Crippen LogP contribution is 2.29. The Morgan fingerprint density at radius 3 is 2.41 bits per heavy atom. The van der Waals surface area contributed by atoms with Gasteiger partial charge in [-0.15, -0.1) is 0 Å². The standard InChI is InChI=1S/C16H10O6/c17-12-7-9-6-11(16(20)22-14(9)8-13(12)18)15(19)21-10-4-2-1-3-5-10/h1-8,17-18H. The van der Waals surface area contributed by atoms with Gasteiger partial charge in [-0.3, -0.25) is 0 Å². The molecule has 1 heterocycles. The first-order chi connectivity index (χ1) is 10.5. The van der Waals surface area contributed by atoms with Gasteiger partial charge in [0.2, 0.25) is 0 Å². The summed E-state index contributed by atoms with van der Waals surface area (Å²) in [6.45, 7) is 0. The van der Waals surface area contributed by atoms with Gasteiger partial charge in [-0.25, -0.2) is 9.59 Å². The van der Waals surface area contributed by atoms with Gasteiger partial charge >= 0.3 is 11.6 Å². The molecular weight excluding hydrogens is 288 g/mol. The smallest absolute Gasteiger partial charge is 0.351 e. The molecule has 0 amide bonds. The number of fused-ring (bicyclic) bond motifs is 1. The fourth-order valence-corrected chi connectivity index (χ4v) is 1.94. The lowest BCUT2D eigenvalue weighted by molar-refractivity contribution is 0.0730. The van der Waals surface area contributed by atoms with E-state index in [0.29, 0.717) is 5.75 Å². The van der Waals surface area contributed by atoms with Crippen LogP contribution in [0.1, 0.15) is 10.4 Å². The van der Waals surface area contributed by atoms with Crippen LogP contribution in [0.4, 0.5) is 0 Å². The summed E-state index contributed by atoms with van der Waals surface area (Å²) in [6, 6.07) is 11.8. The van der Waals surface area contributed by atoms with Crippen molar-refractivity contribution in [3.8, 4) is 17.2 Å². The summed E-state index contributed by atoms with van der Waals surface area (Å²) in [4.78, 5) is 23.9. The van der Waals surface area contributed by atoms with Crippen molar-refractivity contribution in [3.63, 3.8) is 0 Å². The van der Waals surface area contributed by atoms with E-state index in [1.807, 2.05) is 0 Å². The molecule has 3 aromatic rings. The van der Waals surface area contributed by atoms with Crippen molar-refractivity contribution in [1.82, 2.24) is 0 Å². The maximum Gasteiger partial charge on any atom is 0.351 e. The molecule has 6 heteroatoms. The molecule has 1 aromatic heterocycles. The predicted molar refractivity (Wildman–Crippen MR) is 77.2 cm³/mol. The van der Waals surface area contributed by atoms with Crippen molar-refractivity contribution >= 4 is 16.9 Å². The van der Waals surface area contributed by atoms with Crippen LogP contribution in [0, 0.1) is 0 Å². The molecule has 0 bridgehead atoms. The Morgan fingerprint density at radius 1 is 1.00 bits per heavy atom. The quantitative estimate of drug-likeness (QED) is 0.326. The maximum absolute atomic E-state index is 12.0. The van der Waals surface area contributed by atoms with Gasteiger partial charge in [0.25, 0.3) is 0 Å². The summed E-state index contributed by atoms with van der Waals surface area (Å²) < 4.78 is 10.0. The minimum Gasteiger partial charge on any atom is -0.504 e. The Morgan fingerprint density at radius 2 is 1.68 bits per heavy atom. The third-order valence-corrected chi connectivity index (χ3v) is 3.00. The van der Waals surface area contributed by atoms with Crippen molar-refractivity contribution < 1.29 is 24.2 Å². The van der Waals surface area contributed by atoms with Crippen LogP contribution in [-0.2, 0) is 0 Å². The summed E-state index contributed by atoms with van der Waals surface area (Å²) in [6.07, 6.45) is 0. The van der Waals surface area contributed by atoms with Crippen molar-refractivity contribution in [3.05, 3.63) is 64.5 Å². The van der Waals surface area contributed by atoms with E-state index in [2.05, 4.69) is 0 Å². The van der Waals surface area contributed by atoms with E-state index in [9.17, 15) is 19.8 Å². The summed E-state index contributed by atoms with van der Waals surface area (Å²) in [5.41, 5.74) is -1.14. The SMILES string of the molecule is O=C(Oc1ccccc1)c1cc2cc(O)c(O)cc2oc1=O. The van der Waals surface area contributed by atoms with Crippen molar-refractivity contribution in [2.45, 2.75) is 0 Å². The lowest BCUT2D eigenvalue weighted by Crippen LogP contribution is -2.18. The van der Waals surface area contributed by atoms with Crippen LogP contribution in [0.5, 0.6) is 17.2 Å². The lowest BCUT2D eigenvalue weighted by Gasteiger charge is -2.05. The lowest BCUT2D eigenvalue weighted by atomic mass is 10.1. The third-order valence-electron chi connectivity index (χ3n) is 3.00. The van der Waals surface area contributed by atoms with E-state index in [0.717, 1.165) is 6.07 Å². The van der Waals surface area contributed by atoms with Gasteiger partial charge in [0.15, 0.2) is 11.5 Å². The molecule has 0 spiro atoms. The second-order valence-electron chi connectivity index (χ2n) is 4.53. The van der Waals surface area contributed by atoms with E-state index in [4.69, 9.17) is 9.15 Å². The minimum atomic E-state index is -0.890. The van der Waals surface area contributed by atoms with Gasteiger partial charge in [-0.05, 0) is 24.3 Å². The molecule has 6 nitrogen and oxygen atoms in total. The Labute approximate surface area is 123 Å². The van der Waals surface area contributed by atoms with Gasteiger partial charge in [-0.2, -0.15) is 0 Å². The van der Waals surface area contributed by atoms with E-state index in [1.165, 1.54) is 12.1 Å². The van der Waals surface area contributed by atoms with Gasteiger partial charge in [0.1, 0.15) is 16.9 Å². The number of hydrogen-bond donors (Lipinski definition) is 2. The number of phenolic OH excluding ortho intramolecular Hbond substituents is 2. The van der Waals surface area contributed by atoms with E-state index < -0.39 is 17.3 Å². The fraction of sp³-hybridized carbons (Fsp3) is 0. The first-order valence-corrected chi connectivity index (χ1v) is 6.31. The third kappa shape index (κ3) is 2.49. The minimum absolute atomic E-state index is 0.0524. The number of benzene rings is 2. The van der Waals surface area contributed by atoms with E-state index >= 15 is 0 Å². The Bertz CT molecular complexity index is 911. The number of hydrogen-bond acceptors (Lipinski definition) is 6. The highest BCUT2D eigenvalue weighted by Gasteiger charge is 2.17. The zero-order valence-corrected chi connectivity index (χ0v) is 11.1. The highest BCUT2D eigenvalue weighted by atomic mass is 16.5. The second kappa shape index (κ2) is 5.25. The molecule has 0 atom stereocenters. The molecule has 2 aromatic carbocycles. The first kappa shape index (κ1) is 13.7. The molecule has 110 valence electrons. The number of phenols is 2. The molecule has 2 N–H and O–H groups in total. The van der Waals surface area contributed by atoms with Crippen LogP contribution < -0.4 is 10.4 Å². The van der Waals surface area contributed by atoms with Crippen molar-refractivity contribution in [2.24, 2.45) is 0 Å². The van der Waals surface area contributed by atoms with Crippen molar-refractivity contribution in [2.75, 3.05) is 0 Å². The molecule has 0 saturated carbocycles. The number of ether oxygens (including phenoxy) is 1. The average molecular weight is 298 g/mol. The molecule has 0 aliphatic carbocycles. The van der Waals surface area contributed by atoms with Crippen LogP contribution in [0.3, 0.4) is 0 Å². The Balaban J connectivity index is 2.03. The number of carbonyl (C=O) groups excluding carboxylic acids is 1. The van der Waals surface area contributed by atoms with Crippen LogP contribution in [0.2, 0.25) is 0 Å². The van der Waals surface area contributed by atoms with Crippen LogP contribution in [-0.4, -0.2) is 16.2 Å². The number of para-hydroxylation sites is 1. The molecule has 0 saturated heterocycles. The molecular formula is C16H10O6. The molecule has 0 unspecified atom stereocenters. The zero-order valence-electron chi connectivity index (χ0n) is 11.1. The summed E-state index contributed by atoms with van der Waals surface area (Å²) in [7, 11) is 0. The van der Waals surface area contributed by atoms with Gasteiger partial charge in [-0.1, -0.05) is 18.2 Å². The van der Waals surface area contributed by atoms with E-state index in [1.54, 1.807) is 30.3 Å². The largest absolute Gasteiger partial charge is 0.504 e. The molecule has 0 fully saturated rings. The molecule has 0 aliphatic heterocycles. The normalized spacial score (nSPS) is 10.5. The fourth-order valence-electron chi connectivity index (χ4n) is 1.94. The summed E-state index contributed by atoms with van der Waals surface area (Å²) in [5, 5.41) is 19.1. The van der Waals surface area contributed by atoms with Gasteiger partial charge in [0.05, 0.1) is 0 Å². The Hall–Kier alpha value is -3.28. The number of aromatic hydroxyl groups is 2. The zero-order chi connectivity index (χ0) is 15.7. The Kier molecular flexibility index (Phi) is 3.27. The van der Waals surface area contributed by atoms with Crippen molar-refractivity contribution in [1.29, 1.82) is 0 Å². The number of rotatable bonds is 2. The van der Waals surface area contributed by atoms with Gasteiger partial charge < -0.3 is 19.4 Å². The topological polar surface area (TPSA) is 97.0 Å². The van der Waals surface area contributed by atoms with E-state index in [-0.39, 0.29) is 22.3 Å². The summed E-state index contributed by atoms with van der Waals surface area (Å²) >= 11 is 0. The second-order valence-corrected chi connectivity index (χ2v) is 4.53. The predicted octanol–water partition coefficient (Wildman–Crippen LogP) is 2.42. The van der Waals surface area contributed by atoms with Gasteiger partial charge in [0, 0.05) is 11.5 Å². The van der Waals surface area contributed by atoms with Crippen LogP contribution in [0.15, 0.2) is 57.7 Å².